The maximum atomic E-state index is 3.91. The highest BCUT2D eigenvalue weighted by molar-refractivity contribution is 5.02. The Labute approximate surface area is 113 Å². The van der Waals surface area contributed by atoms with Crippen molar-refractivity contribution in [1.82, 2.24) is 10.6 Å². The van der Waals surface area contributed by atoms with Gasteiger partial charge in [0.05, 0.1) is 0 Å². The van der Waals surface area contributed by atoms with Gasteiger partial charge in [0.2, 0.25) is 0 Å². The van der Waals surface area contributed by atoms with Gasteiger partial charge in [-0.3, -0.25) is 0 Å². The Morgan fingerprint density at radius 2 is 1.39 bits per heavy atom. The Morgan fingerprint density at radius 3 is 1.89 bits per heavy atom. The van der Waals surface area contributed by atoms with Gasteiger partial charge in [-0.15, -0.1) is 0 Å². The van der Waals surface area contributed by atoms with Crippen LogP contribution in [0.1, 0.15) is 73.6 Å². The van der Waals surface area contributed by atoms with Crippen molar-refractivity contribution in [2.75, 3.05) is 0 Å². The third kappa shape index (κ3) is 3.48. The van der Waals surface area contributed by atoms with Gasteiger partial charge < -0.3 is 10.6 Å². The molecule has 1 atom stereocenters. The minimum Gasteiger partial charge on any atom is -0.309 e. The second-order valence-electron chi connectivity index (χ2n) is 8.59. The van der Waals surface area contributed by atoms with Gasteiger partial charge in [-0.25, -0.2) is 0 Å². The molecule has 0 aromatic carbocycles. The minimum absolute atomic E-state index is 0.273. The summed E-state index contributed by atoms with van der Waals surface area (Å²) in [6, 6.07) is 0.717. The standard InChI is InChI=1S/C16H32N2/c1-14(2)9-7-8-13(17-14)12-10-15(3,4)18-16(5,6)11-12/h12-13,17-18H,7-11H2,1-6H3. The number of nitrogens with one attached hydrogen (secondary N) is 2. The second kappa shape index (κ2) is 4.49. The summed E-state index contributed by atoms with van der Waals surface area (Å²) in [5.41, 5.74) is 0.882. The zero-order valence-electron chi connectivity index (χ0n) is 13.2. The van der Waals surface area contributed by atoms with Crippen molar-refractivity contribution in [3.8, 4) is 0 Å². The van der Waals surface area contributed by atoms with Gasteiger partial charge >= 0.3 is 0 Å². The summed E-state index contributed by atoms with van der Waals surface area (Å²) in [5, 5.41) is 7.70. The Morgan fingerprint density at radius 1 is 0.833 bits per heavy atom. The van der Waals surface area contributed by atoms with E-state index in [0.717, 1.165) is 12.0 Å². The molecule has 2 heterocycles. The summed E-state index contributed by atoms with van der Waals surface area (Å²) < 4.78 is 0. The zero-order valence-corrected chi connectivity index (χ0v) is 13.2. The van der Waals surface area contributed by atoms with E-state index in [0.29, 0.717) is 5.54 Å². The number of hydrogen-bond acceptors (Lipinski definition) is 2. The molecule has 0 saturated carbocycles. The van der Waals surface area contributed by atoms with Gasteiger partial charge in [0.1, 0.15) is 0 Å². The van der Waals surface area contributed by atoms with E-state index < -0.39 is 0 Å². The molecule has 2 aliphatic rings. The lowest BCUT2D eigenvalue weighted by atomic mass is 9.70. The molecule has 0 amide bonds. The summed E-state index contributed by atoms with van der Waals surface area (Å²) in [5.74, 6) is 0.816. The predicted molar refractivity (Wildman–Crippen MR) is 78.9 cm³/mol. The van der Waals surface area contributed by atoms with Gasteiger partial charge in [0, 0.05) is 22.7 Å². The summed E-state index contributed by atoms with van der Waals surface area (Å²) >= 11 is 0. The Balaban J connectivity index is 2.08. The average molecular weight is 252 g/mol. The molecule has 1 unspecified atom stereocenters. The highest BCUT2D eigenvalue weighted by Crippen LogP contribution is 2.38. The highest BCUT2D eigenvalue weighted by atomic mass is 15.1. The molecule has 18 heavy (non-hydrogen) atoms. The van der Waals surface area contributed by atoms with Crippen LogP contribution in [0.15, 0.2) is 0 Å². The summed E-state index contributed by atoms with van der Waals surface area (Å²) in [6.07, 6.45) is 6.66. The molecule has 0 aliphatic carbocycles. The van der Waals surface area contributed by atoms with E-state index in [1.54, 1.807) is 0 Å². The van der Waals surface area contributed by atoms with E-state index in [1.807, 2.05) is 0 Å². The first-order valence-electron chi connectivity index (χ1n) is 7.66. The van der Waals surface area contributed by atoms with Crippen LogP contribution < -0.4 is 10.6 Å². The first-order valence-corrected chi connectivity index (χ1v) is 7.66. The molecule has 2 heteroatoms. The van der Waals surface area contributed by atoms with Crippen LogP contribution in [0.5, 0.6) is 0 Å². The molecule has 0 radical (unpaired) electrons. The quantitative estimate of drug-likeness (QED) is 0.747. The lowest BCUT2D eigenvalue weighted by molar-refractivity contribution is 0.0783. The van der Waals surface area contributed by atoms with Gasteiger partial charge in [0.15, 0.2) is 0 Å². The maximum Gasteiger partial charge on any atom is 0.0133 e. The molecular formula is C16H32N2. The zero-order chi connectivity index (χ0) is 13.6. The van der Waals surface area contributed by atoms with Crippen molar-refractivity contribution in [3.63, 3.8) is 0 Å². The van der Waals surface area contributed by atoms with E-state index in [2.05, 4.69) is 52.2 Å². The summed E-state index contributed by atoms with van der Waals surface area (Å²) in [6.45, 7) is 14.1. The van der Waals surface area contributed by atoms with Gasteiger partial charge in [-0.05, 0) is 73.1 Å². The van der Waals surface area contributed by atoms with Gasteiger partial charge in [0.25, 0.3) is 0 Å². The van der Waals surface area contributed by atoms with Crippen molar-refractivity contribution in [2.24, 2.45) is 5.92 Å². The molecule has 2 nitrogen and oxygen atoms in total. The molecule has 2 aliphatic heterocycles. The lowest BCUT2D eigenvalue weighted by Crippen LogP contribution is -2.62. The average Bonchev–Trinajstić information content (AvgIpc) is 2.10. The van der Waals surface area contributed by atoms with Crippen molar-refractivity contribution < 1.29 is 0 Å². The van der Waals surface area contributed by atoms with Crippen molar-refractivity contribution in [3.05, 3.63) is 0 Å². The largest absolute Gasteiger partial charge is 0.309 e. The third-order valence-electron chi connectivity index (χ3n) is 4.68. The van der Waals surface area contributed by atoms with Crippen molar-refractivity contribution in [2.45, 2.75) is 96.3 Å². The number of rotatable bonds is 1. The van der Waals surface area contributed by atoms with E-state index in [9.17, 15) is 0 Å². The number of piperidine rings is 2. The fraction of sp³-hybridized carbons (Fsp3) is 1.00. The van der Waals surface area contributed by atoms with Crippen LogP contribution in [0.3, 0.4) is 0 Å². The van der Waals surface area contributed by atoms with Gasteiger partial charge in [-0.1, -0.05) is 6.42 Å². The molecule has 106 valence electrons. The molecule has 0 aromatic heterocycles. The fourth-order valence-corrected chi connectivity index (χ4v) is 4.45. The molecule has 2 fully saturated rings. The molecule has 2 rings (SSSR count). The normalized spacial score (nSPS) is 35.3. The fourth-order valence-electron chi connectivity index (χ4n) is 4.45. The van der Waals surface area contributed by atoms with Crippen LogP contribution in [0.4, 0.5) is 0 Å². The summed E-state index contributed by atoms with van der Waals surface area (Å²) in [7, 11) is 0. The molecular weight excluding hydrogens is 220 g/mol. The van der Waals surface area contributed by atoms with Crippen LogP contribution in [0.25, 0.3) is 0 Å². The molecule has 0 bridgehead atoms. The highest BCUT2D eigenvalue weighted by Gasteiger charge is 2.42. The van der Waals surface area contributed by atoms with E-state index >= 15 is 0 Å². The monoisotopic (exact) mass is 252 g/mol. The lowest BCUT2D eigenvalue weighted by Gasteiger charge is -2.51. The predicted octanol–water partition coefficient (Wildman–Crippen LogP) is 3.46. The first kappa shape index (κ1) is 14.3. The molecule has 0 aromatic rings. The number of hydrogen-bond donors (Lipinski definition) is 2. The summed E-state index contributed by atoms with van der Waals surface area (Å²) in [4.78, 5) is 0. The van der Waals surface area contributed by atoms with Crippen LogP contribution in [0, 0.1) is 5.92 Å². The smallest absolute Gasteiger partial charge is 0.0133 e. The van der Waals surface area contributed by atoms with Crippen molar-refractivity contribution >= 4 is 0 Å². The van der Waals surface area contributed by atoms with Crippen molar-refractivity contribution in [1.29, 1.82) is 0 Å². The maximum absolute atomic E-state index is 3.91. The Hall–Kier alpha value is -0.0800. The SMILES string of the molecule is CC1(C)CCCC(C2CC(C)(C)NC(C)(C)C2)N1. The molecule has 2 N–H and O–H groups in total. The first-order chi connectivity index (χ1) is 8.09. The van der Waals surface area contributed by atoms with Crippen LogP contribution in [-0.4, -0.2) is 22.7 Å². The van der Waals surface area contributed by atoms with E-state index in [1.165, 1.54) is 32.1 Å². The van der Waals surface area contributed by atoms with Gasteiger partial charge in [-0.2, -0.15) is 0 Å². The van der Waals surface area contributed by atoms with Crippen LogP contribution in [0.2, 0.25) is 0 Å². The topological polar surface area (TPSA) is 24.1 Å². The minimum atomic E-state index is 0.273. The second-order valence-corrected chi connectivity index (χ2v) is 8.59. The Bertz CT molecular complexity index is 288. The molecule has 2 saturated heterocycles. The van der Waals surface area contributed by atoms with E-state index in [4.69, 9.17) is 0 Å². The molecule has 0 spiro atoms. The third-order valence-corrected chi connectivity index (χ3v) is 4.68. The Kier molecular flexibility index (Phi) is 3.57. The van der Waals surface area contributed by atoms with Crippen LogP contribution in [-0.2, 0) is 0 Å². The van der Waals surface area contributed by atoms with Crippen LogP contribution >= 0.6 is 0 Å². The van der Waals surface area contributed by atoms with E-state index in [-0.39, 0.29) is 11.1 Å².